The summed E-state index contributed by atoms with van der Waals surface area (Å²) in [5, 5.41) is 4.54. The third kappa shape index (κ3) is 2.76. The number of aryl methyl sites for hydroxylation is 3. The zero-order valence-electron chi connectivity index (χ0n) is 15.5. The monoisotopic (exact) mass is 460 g/mol. The van der Waals surface area contributed by atoms with Crippen molar-refractivity contribution in [1.82, 2.24) is 0 Å². The zero-order chi connectivity index (χ0) is 18.1. The van der Waals surface area contributed by atoms with Gasteiger partial charge in [0.25, 0.3) is 0 Å². The fraction of sp³-hybridized carbons (Fsp3) is 0.217. The Bertz CT molecular complexity index is 800. The van der Waals surface area contributed by atoms with E-state index in [2.05, 4.69) is 123 Å². The molecule has 0 saturated heterocycles. The van der Waals surface area contributed by atoms with E-state index in [9.17, 15) is 0 Å². The Balaban J connectivity index is 2.55. The van der Waals surface area contributed by atoms with Crippen molar-refractivity contribution in [3.05, 3.63) is 89.5 Å². The van der Waals surface area contributed by atoms with Gasteiger partial charge in [0.1, 0.15) is 0 Å². The van der Waals surface area contributed by atoms with Crippen LogP contribution in [0.5, 0.6) is 0 Å². The van der Waals surface area contributed by atoms with Crippen LogP contribution in [0.4, 0.5) is 0 Å². The summed E-state index contributed by atoms with van der Waals surface area (Å²) in [4.78, 5) is 0. The Hall–Kier alpha value is -1.18. The molecule has 0 fully saturated rings. The summed E-state index contributed by atoms with van der Waals surface area (Å²) in [6, 6.07) is 27.0. The molecule has 0 aliphatic heterocycles. The molecule has 0 spiro atoms. The molecule has 3 aromatic carbocycles. The quantitative estimate of drug-likeness (QED) is 0.341. The Kier molecular flexibility index (Phi) is 5.10. The SMILES string of the molecule is CCP(I)(c1ccccc1C)(c1ccccc1C)c1ccccc1C. The first-order valence-corrected chi connectivity index (χ1v) is 14.1. The standard InChI is InChI=1S/C23H26IP/c1-5-25(24,21-15-9-6-12-18(21)2,22-16-10-7-13-19(22)3)23-17-11-8-14-20(23)4/h6-17H,5H2,1-4H3. The molecule has 0 atom stereocenters. The predicted octanol–water partition coefficient (Wildman–Crippen LogP) is 5.81. The maximum atomic E-state index is 2.88. The molecule has 0 unspecified atom stereocenters. The van der Waals surface area contributed by atoms with E-state index in [0.717, 1.165) is 6.16 Å². The van der Waals surface area contributed by atoms with Gasteiger partial charge in [-0.25, -0.2) is 0 Å². The van der Waals surface area contributed by atoms with Crippen molar-refractivity contribution >= 4 is 42.2 Å². The first kappa shape index (κ1) is 18.6. The fourth-order valence-corrected chi connectivity index (χ4v) is 14.5. The maximum absolute atomic E-state index is 2.88. The van der Waals surface area contributed by atoms with Crippen LogP contribution in [0.15, 0.2) is 72.8 Å². The van der Waals surface area contributed by atoms with Gasteiger partial charge in [-0.3, -0.25) is 0 Å². The first-order chi connectivity index (χ1) is 11.9. The van der Waals surface area contributed by atoms with Crippen molar-refractivity contribution in [2.24, 2.45) is 0 Å². The summed E-state index contributed by atoms with van der Waals surface area (Å²) < 4.78 is -2.57. The Labute approximate surface area is 165 Å². The average molecular weight is 460 g/mol. The summed E-state index contributed by atoms with van der Waals surface area (Å²) in [5.74, 6) is 0. The third-order valence-electron chi connectivity index (χ3n) is 5.45. The van der Waals surface area contributed by atoms with Gasteiger partial charge in [-0.2, -0.15) is 0 Å². The van der Waals surface area contributed by atoms with Crippen LogP contribution in [0, 0.1) is 20.8 Å². The van der Waals surface area contributed by atoms with Gasteiger partial charge < -0.3 is 0 Å². The average Bonchev–Trinajstić information content (AvgIpc) is 2.62. The molecule has 0 aromatic heterocycles. The van der Waals surface area contributed by atoms with Crippen LogP contribution < -0.4 is 15.9 Å². The molecular formula is C23H26IP. The van der Waals surface area contributed by atoms with Gasteiger partial charge >= 0.3 is 166 Å². The molecule has 25 heavy (non-hydrogen) atoms. The van der Waals surface area contributed by atoms with E-state index in [1.807, 2.05) is 0 Å². The van der Waals surface area contributed by atoms with Crippen LogP contribution in [0.1, 0.15) is 23.6 Å². The zero-order valence-corrected chi connectivity index (χ0v) is 18.5. The van der Waals surface area contributed by atoms with Gasteiger partial charge in [0, 0.05) is 0 Å². The molecule has 0 aliphatic carbocycles. The van der Waals surface area contributed by atoms with Crippen LogP contribution in [0.2, 0.25) is 0 Å². The normalized spacial score (nSPS) is 13.2. The second-order valence-electron chi connectivity index (χ2n) is 6.86. The van der Waals surface area contributed by atoms with E-state index in [4.69, 9.17) is 0 Å². The van der Waals surface area contributed by atoms with Gasteiger partial charge in [0.15, 0.2) is 0 Å². The molecule has 0 heterocycles. The van der Waals surface area contributed by atoms with Crippen molar-refractivity contribution in [3.63, 3.8) is 0 Å². The van der Waals surface area contributed by atoms with E-state index in [1.165, 1.54) is 32.6 Å². The van der Waals surface area contributed by atoms with Gasteiger partial charge in [0.2, 0.25) is 0 Å². The fourth-order valence-electron chi connectivity index (χ4n) is 4.16. The van der Waals surface area contributed by atoms with Crippen LogP contribution >= 0.6 is 26.3 Å². The second kappa shape index (κ2) is 6.85. The molecule has 130 valence electrons. The second-order valence-corrected chi connectivity index (χ2v) is 17.7. The molecule has 0 saturated carbocycles. The van der Waals surface area contributed by atoms with Crippen molar-refractivity contribution in [1.29, 1.82) is 0 Å². The molecule has 3 rings (SSSR count). The molecule has 0 amide bonds. The van der Waals surface area contributed by atoms with Gasteiger partial charge in [-0.05, 0) is 0 Å². The van der Waals surface area contributed by atoms with Crippen LogP contribution in [0.25, 0.3) is 0 Å². The summed E-state index contributed by atoms with van der Waals surface area (Å²) >= 11 is 2.88. The van der Waals surface area contributed by atoms with E-state index in [1.54, 1.807) is 0 Å². The summed E-state index contributed by atoms with van der Waals surface area (Å²) in [7, 11) is 0. The molecule has 0 bridgehead atoms. The number of hydrogen-bond acceptors (Lipinski definition) is 0. The molecule has 3 aromatic rings. The number of rotatable bonds is 4. The molecule has 0 aliphatic rings. The number of hydrogen-bond donors (Lipinski definition) is 0. The van der Waals surface area contributed by atoms with E-state index >= 15 is 0 Å². The number of halogens is 1. The molecule has 2 heteroatoms. The van der Waals surface area contributed by atoms with E-state index in [-0.39, 0.29) is 0 Å². The molecular weight excluding hydrogens is 434 g/mol. The minimum absolute atomic E-state index is 1.12. The van der Waals surface area contributed by atoms with Crippen molar-refractivity contribution < 1.29 is 0 Å². The van der Waals surface area contributed by atoms with Gasteiger partial charge in [0.05, 0.1) is 0 Å². The third-order valence-corrected chi connectivity index (χ3v) is 17.9. The van der Waals surface area contributed by atoms with Gasteiger partial charge in [-0.1, -0.05) is 0 Å². The summed E-state index contributed by atoms with van der Waals surface area (Å²) in [6.07, 6.45) is 1.12. The van der Waals surface area contributed by atoms with Crippen LogP contribution in [-0.4, -0.2) is 6.16 Å². The molecule has 0 N–H and O–H groups in total. The van der Waals surface area contributed by atoms with E-state index < -0.39 is 4.25 Å². The molecule has 0 radical (unpaired) electrons. The van der Waals surface area contributed by atoms with E-state index in [0.29, 0.717) is 0 Å². The number of benzene rings is 3. The topological polar surface area (TPSA) is 0 Å². The Morgan fingerprint density at radius 3 is 1.12 bits per heavy atom. The van der Waals surface area contributed by atoms with Crippen LogP contribution in [-0.2, 0) is 0 Å². The van der Waals surface area contributed by atoms with Crippen molar-refractivity contribution in [2.75, 3.05) is 6.16 Å². The Morgan fingerprint density at radius 1 is 0.600 bits per heavy atom. The predicted molar refractivity (Wildman–Crippen MR) is 124 cm³/mol. The Morgan fingerprint density at radius 2 is 0.880 bits per heavy atom. The summed E-state index contributed by atoms with van der Waals surface area (Å²) in [5.41, 5.74) is 4.17. The van der Waals surface area contributed by atoms with Crippen molar-refractivity contribution in [3.8, 4) is 0 Å². The first-order valence-electron chi connectivity index (χ1n) is 8.85. The minimum atomic E-state index is -2.57. The van der Waals surface area contributed by atoms with Crippen LogP contribution in [0.3, 0.4) is 0 Å². The van der Waals surface area contributed by atoms with Gasteiger partial charge in [-0.15, -0.1) is 0 Å². The molecule has 0 nitrogen and oxygen atoms in total. The summed E-state index contributed by atoms with van der Waals surface area (Å²) in [6.45, 7) is 9.17. The van der Waals surface area contributed by atoms with Crippen molar-refractivity contribution in [2.45, 2.75) is 27.7 Å².